The van der Waals surface area contributed by atoms with Gasteiger partial charge >= 0.3 is 0 Å². The monoisotopic (exact) mass is 356 g/mol. The molecule has 1 aliphatic carbocycles. The maximum atomic E-state index is 12.9. The van der Waals surface area contributed by atoms with Crippen LogP contribution in [-0.4, -0.2) is 27.4 Å². The van der Waals surface area contributed by atoms with Crippen LogP contribution in [0, 0.1) is 6.92 Å². The minimum atomic E-state index is -2.71. The number of carbonyl (C=O) groups is 1. The number of aromatic amines is 1. The lowest BCUT2D eigenvalue weighted by molar-refractivity contribution is 0.0950. The first kappa shape index (κ1) is 16.6. The molecule has 0 saturated heterocycles. The molecule has 1 aromatic carbocycles. The van der Waals surface area contributed by atoms with Crippen LogP contribution in [-0.2, 0) is 5.41 Å². The number of para-hydroxylation sites is 1. The van der Waals surface area contributed by atoms with Crippen molar-refractivity contribution in [1.29, 1.82) is 0 Å². The van der Waals surface area contributed by atoms with Crippen LogP contribution in [0.4, 0.5) is 8.78 Å². The maximum Gasteiger partial charge on any atom is 0.295 e. The predicted octanol–water partition coefficient (Wildman–Crippen LogP) is 3.67. The summed E-state index contributed by atoms with van der Waals surface area (Å²) >= 11 is 0. The van der Waals surface area contributed by atoms with E-state index in [1.807, 2.05) is 19.1 Å². The van der Waals surface area contributed by atoms with Crippen molar-refractivity contribution in [3.63, 3.8) is 0 Å². The smallest absolute Gasteiger partial charge is 0.295 e. The lowest BCUT2D eigenvalue weighted by Crippen LogP contribution is -2.33. The van der Waals surface area contributed by atoms with Crippen molar-refractivity contribution in [2.24, 2.45) is 0 Å². The van der Waals surface area contributed by atoms with Crippen LogP contribution in [0.2, 0.25) is 0 Å². The van der Waals surface area contributed by atoms with Gasteiger partial charge in [0.2, 0.25) is 0 Å². The number of nitrogens with zero attached hydrogens (tertiary/aromatic N) is 2. The van der Waals surface area contributed by atoms with Crippen molar-refractivity contribution in [3.05, 3.63) is 59.2 Å². The standard InChI is InChI=1S/C19H18F2N4O/c1-11-4-3-9-22-15(11)19(7-8-19)10-23-18(26)12-5-2-6-13-14(12)25-17(24-13)16(20)21/h2-6,9,16H,7-8,10H2,1H3,(H,23,26)(H,24,25). The molecule has 3 aromatic rings. The van der Waals surface area contributed by atoms with Gasteiger partial charge in [0.15, 0.2) is 5.82 Å². The Morgan fingerprint density at radius 2 is 2.12 bits per heavy atom. The van der Waals surface area contributed by atoms with E-state index in [-0.39, 0.29) is 16.8 Å². The fourth-order valence-electron chi connectivity index (χ4n) is 3.37. The zero-order valence-corrected chi connectivity index (χ0v) is 14.2. The summed E-state index contributed by atoms with van der Waals surface area (Å²) in [6.07, 6.45) is 0.987. The largest absolute Gasteiger partial charge is 0.351 e. The number of benzene rings is 1. The molecule has 0 bridgehead atoms. The average molecular weight is 356 g/mol. The molecule has 1 aliphatic rings. The van der Waals surface area contributed by atoms with Gasteiger partial charge in [-0.05, 0) is 43.5 Å². The van der Waals surface area contributed by atoms with Crippen LogP contribution < -0.4 is 5.32 Å². The highest BCUT2D eigenvalue weighted by Gasteiger charge is 2.46. The number of hydrogen-bond donors (Lipinski definition) is 2. The molecule has 7 heteroatoms. The van der Waals surface area contributed by atoms with E-state index >= 15 is 0 Å². The fourth-order valence-corrected chi connectivity index (χ4v) is 3.37. The Balaban J connectivity index is 1.56. The third kappa shape index (κ3) is 2.83. The van der Waals surface area contributed by atoms with Gasteiger partial charge in [-0.25, -0.2) is 13.8 Å². The number of fused-ring (bicyclic) bond motifs is 1. The number of rotatable bonds is 5. The number of carbonyl (C=O) groups excluding carboxylic acids is 1. The first-order valence-electron chi connectivity index (χ1n) is 8.47. The fraction of sp³-hybridized carbons (Fsp3) is 0.316. The molecule has 1 fully saturated rings. The van der Waals surface area contributed by atoms with Crippen LogP contribution in [0.3, 0.4) is 0 Å². The minimum Gasteiger partial charge on any atom is -0.351 e. The molecule has 0 radical (unpaired) electrons. The van der Waals surface area contributed by atoms with Crippen molar-refractivity contribution in [2.75, 3.05) is 6.54 Å². The molecule has 2 N–H and O–H groups in total. The lowest BCUT2D eigenvalue weighted by Gasteiger charge is -2.17. The van der Waals surface area contributed by atoms with Gasteiger partial charge in [0, 0.05) is 18.2 Å². The van der Waals surface area contributed by atoms with E-state index in [0.717, 1.165) is 24.1 Å². The zero-order valence-electron chi connectivity index (χ0n) is 14.2. The number of H-pyrrole nitrogens is 1. The van der Waals surface area contributed by atoms with E-state index in [1.54, 1.807) is 24.4 Å². The normalized spacial score (nSPS) is 15.4. The molecule has 4 rings (SSSR count). The van der Waals surface area contributed by atoms with Gasteiger partial charge in [-0.2, -0.15) is 0 Å². The van der Waals surface area contributed by atoms with E-state index in [2.05, 4.69) is 20.3 Å². The maximum absolute atomic E-state index is 12.9. The number of pyridine rings is 1. The van der Waals surface area contributed by atoms with Crippen molar-refractivity contribution in [1.82, 2.24) is 20.3 Å². The van der Waals surface area contributed by atoms with E-state index in [9.17, 15) is 13.6 Å². The number of amides is 1. The highest BCUT2D eigenvalue weighted by atomic mass is 19.3. The van der Waals surface area contributed by atoms with Crippen molar-refractivity contribution < 1.29 is 13.6 Å². The van der Waals surface area contributed by atoms with Crippen LogP contribution in [0.1, 0.15) is 46.7 Å². The van der Waals surface area contributed by atoms with E-state index in [0.29, 0.717) is 17.6 Å². The summed E-state index contributed by atoms with van der Waals surface area (Å²) in [5.74, 6) is -0.745. The van der Waals surface area contributed by atoms with Crippen molar-refractivity contribution in [3.8, 4) is 0 Å². The summed E-state index contributed by atoms with van der Waals surface area (Å²) in [5, 5.41) is 2.94. The third-order valence-corrected chi connectivity index (χ3v) is 4.94. The number of halogens is 2. The number of aromatic nitrogens is 3. The summed E-state index contributed by atoms with van der Waals surface area (Å²) in [4.78, 5) is 23.6. The number of hydrogen-bond acceptors (Lipinski definition) is 3. The van der Waals surface area contributed by atoms with Gasteiger partial charge in [0.1, 0.15) is 5.52 Å². The van der Waals surface area contributed by atoms with E-state index in [1.165, 1.54) is 0 Å². The van der Waals surface area contributed by atoms with Crippen LogP contribution >= 0.6 is 0 Å². The molecule has 2 heterocycles. The summed E-state index contributed by atoms with van der Waals surface area (Å²) < 4.78 is 25.7. The predicted molar refractivity (Wildman–Crippen MR) is 93.3 cm³/mol. The van der Waals surface area contributed by atoms with Gasteiger partial charge in [-0.15, -0.1) is 0 Å². The van der Waals surface area contributed by atoms with Gasteiger partial charge in [-0.1, -0.05) is 12.1 Å². The molecule has 1 amide bonds. The topological polar surface area (TPSA) is 70.7 Å². The Morgan fingerprint density at radius 3 is 2.81 bits per heavy atom. The third-order valence-electron chi connectivity index (χ3n) is 4.94. The Bertz CT molecular complexity index is 979. The minimum absolute atomic E-state index is 0.130. The molecular weight excluding hydrogens is 338 g/mol. The zero-order chi connectivity index (χ0) is 18.3. The average Bonchev–Trinajstić information content (AvgIpc) is 3.28. The second-order valence-corrected chi connectivity index (χ2v) is 6.76. The Kier molecular flexibility index (Phi) is 3.94. The summed E-state index contributed by atoms with van der Waals surface area (Å²) in [7, 11) is 0. The molecule has 5 nitrogen and oxygen atoms in total. The Morgan fingerprint density at radius 1 is 1.31 bits per heavy atom. The second-order valence-electron chi connectivity index (χ2n) is 6.76. The highest BCUT2D eigenvalue weighted by Crippen LogP contribution is 2.47. The van der Waals surface area contributed by atoms with Gasteiger partial charge in [0.05, 0.1) is 16.8 Å². The summed E-state index contributed by atoms with van der Waals surface area (Å²) in [5.41, 5.74) is 2.97. The molecule has 26 heavy (non-hydrogen) atoms. The molecule has 0 aliphatic heterocycles. The van der Waals surface area contributed by atoms with Gasteiger partial charge < -0.3 is 10.3 Å². The molecule has 0 spiro atoms. The van der Waals surface area contributed by atoms with E-state index < -0.39 is 12.2 Å². The molecule has 2 aromatic heterocycles. The number of nitrogens with one attached hydrogen (secondary N) is 2. The molecule has 0 atom stereocenters. The number of aryl methyl sites for hydroxylation is 1. The first-order chi connectivity index (χ1) is 12.5. The molecule has 1 saturated carbocycles. The van der Waals surface area contributed by atoms with E-state index in [4.69, 9.17) is 0 Å². The van der Waals surface area contributed by atoms with Crippen LogP contribution in [0.15, 0.2) is 36.5 Å². The summed E-state index contributed by atoms with van der Waals surface area (Å²) in [6, 6.07) is 8.79. The first-order valence-corrected chi connectivity index (χ1v) is 8.47. The molecular formula is C19H18F2N4O. The van der Waals surface area contributed by atoms with Crippen LogP contribution in [0.5, 0.6) is 0 Å². The molecule has 134 valence electrons. The second kappa shape index (κ2) is 6.16. The van der Waals surface area contributed by atoms with Crippen molar-refractivity contribution in [2.45, 2.75) is 31.6 Å². The Labute approximate surface area is 148 Å². The Hall–Kier alpha value is -2.83. The van der Waals surface area contributed by atoms with Crippen LogP contribution in [0.25, 0.3) is 11.0 Å². The lowest BCUT2D eigenvalue weighted by atomic mass is 9.97. The number of imidazole rings is 1. The SMILES string of the molecule is Cc1cccnc1C1(CNC(=O)c2cccc3[nH]c(C(F)F)nc23)CC1. The number of alkyl halides is 2. The molecule has 0 unspecified atom stereocenters. The van der Waals surface area contributed by atoms with Gasteiger partial charge in [-0.3, -0.25) is 9.78 Å². The van der Waals surface area contributed by atoms with Gasteiger partial charge in [0.25, 0.3) is 12.3 Å². The quantitative estimate of drug-likeness (QED) is 0.733. The van der Waals surface area contributed by atoms with Crippen molar-refractivity contribution >= 4 is 16.9 Å². The highest BCUT2D eigenvalue weighted by molar-refractivity contribution is 6.04. The summed E-state index contributed by atoms with van der Waals surface area (Å²) in [6.45, 7) is 2.48.